The van der Waals surface area contributed by atoms with Gasteiger partial charge in [-0.05, 0) is 61.7 Å². The fraction of sp³-hybridized carbons (Fsp3) is 0.321. The smallest absolute Gasteiger partial charge is 0.258 e. The molecule has 1 aliphatic heterocycles. The van der Waals surface area contributed by atoms with Gasteiger partial charge in [-0.3, -0.25) is 14.7 Å². The number of H-pyrrole nitrogens is 1. The van der Waals surface area contributed by atoms with E-state index >= 15 is 0 Å². The van der Waals surface area contributed by atoms with Crippen LogP contribution < -0.4 is 30.3 Å². The van der Waals surface area contributed by atoms with Gasteiger partial charge in [0.05, 0.1) is 25.5 Å². The van der Waals surface area contributed by atoms with Crippen molar-refractivity contribution < 1.29 is 19.1 Å². The average Bonchev–Trinajstić information content (AvgIpc) is 3.38. The first-order valence-corrected chi connectivity index (χ1v) is 12.5. The van der Waals surface area contributed by atoms with Crippen LogP contribution in [0.2, 0.25) is 0 Å². The lowest BCUT2D eigenvalue weighted by atomic mass is 10.1. The van der Waals surface area contributed by atoms with Gasteiger partial charge in [0.25, 0.3) is 5.91 Å². The maximum absolute atomic E-state index is 13.2. The Morgan fingerprint density at radius 3 is 2.55 bits per heavy atom. The molecule has 0 unspecified atom stereocenters. The third kappa shape index (κ3) is 6.71. The van der Waals surface area contributed by atoms with Crippen molar-refractivity contribution in [1.29, 1.82) is 0 Å². The van der Waals surface area contributed by atoms with Crippen LogP contribution in [0.15, 0.2) is 55.1 Å². The highest BCUT2D eigenvalue weighted by Crippen LogP contribution is 2.27. The quantitative estimate of drug-likeness (QED) is 0.304. The Morgan fingerprint density at radius 2 is 1.87 bits per heavy atom. The molecule has 1 saturated heterocycles. The molecule has 4 N–H and O–H groups in total. The summed E-state index contributed by atoms with van der Waals surface area (Å²) in [6, 6.07) is 13.3. The predicted octanol–water partition coefficient (Wildman–Crippen LogP) is 3.39. The molecule has 38 heavy (non-hydrogen) atoms. The van der Waals surface area contributed by atoms with Crippen molar-refractivity contribution in [3.05, 3.63) is 71.9 Å². The van der Waals surface area contributed by atoms with Crippen LogP contribution in [-0.2, 0) is 17.6 Å². The number of aryl methyl sites for hydroxylation is 2. The molecule has 1 fully saturated rings. The van der Waals surface area contributed by atoms with Crippen molar-refractivity contribution in [2.45, 2.75) is 25.8 Å². The van der Waals surface area contributed by atoms with Crippen molar-refractivity contribution in [1.82, 2.24) is 15.5 Å². The Morgan fingerprint density at radius 1 is 1.11 bits per heavy atom. The standard InChI is InChI=1S/C28H34N6O4/c1-5-27(35)30-25-15-21(34-11-10-29-18(2)17-34)8-9-24(25)28(36)31-26-14-20(32-33-26)7-6-19-12-22(37-3)16-23(13-19)38-4/h5,8-9,12-16,18,29H,1,6-7,10-11,17H2,2-4H3,(H,30,35)(H2,31,32,33,36)/t18-/m1/s1. The highest BCUT2D eigenvalue weighted by molar-refractivity contribution is 6.11. The lowest BCUT2D eigenvalue weighted by Crippen LogP contribution is -2.49. The first kappa shape index (κ1) is 26.7. The Balaban J connectivity index is 1.46. The van der Waals surface area contributed by atoms with Crippen LogP contribution in [0.3, 0.4) is 0 Å². The number of piperazine rings is 1. The second-order valence-electron chi connectivity index (χ2n) is 9.18. The van der Waals surface area contributed by atoms with Gasteiger partial charge in [-0.25, -0.2) is 0 Å². The third-order valence-electron chi connectivity index (χ3n) is 6.39. The van der Waals surface area contributed by atoms with E-state index in [1.165, 1.54) is 6.08 Å². The molecule has 1 aliphatic rings. The maximum atomic E-state index is 13.2. The number of aromatic amines is 1. The highest BCUT2D eigenvalue weighted by atomic mass is 16.5. The van der Waals surface area contributed by atoms with Crippen molar-refractivity contribution in [2.24, 2.45) is 0 Å². The summed E-state index contributed by atoms with van der Waals surface area (Å²) >= 11 is 0. The molecule has 2 aromatic carbocycles. The van der Waals surface area contributed by atoms with Gasteiger partial charge >= 0.3 is 0 Å². The summed E-state index contributed by atoms with van der Waals surface area (Å²) in [5, 5.41) is 16.2. The monoisotopic (exact) mass is 518 g/mol. The second-order valence-corrected chi connectivity index (χ2v) is 9.18. The van der Waals surface area contributed by atoms with E-state index in [1.54, 1.807) is 26.4 Å². The van der Waals surface area contributed by atoms with Gasteiger partial charge in [0.2, 0.25) is 5.91 Å². The summed E-state index contributed by atoms with van der Waals surface area (Å²) in [5.41, 5.74) is 3.61. The number of anilines is 3. The van der Waals surface area contributed by atoms with Crippen molar-refractivity contribution >= 4 is 29.0 Å². The molecule has 3 aromatic rings. The van der Waals surface area contributed by atoms with Gasteiger partial charge in [0.15, 0.2) is 5.82 Å². The third-order valence-corrected chi connectivity index (χ3v) is 6.39. The molecule has 0 spiro atoms. The summed E-state index contributed by atoms with van der Waals surface area (Å²) < 4.78 is 10.7. The van der Waals surface area contributed by atoms with Crippen molar-refractivity contribution in [3.63, 3.8) is 0 Å². The van der Waals surface area contributed by atoms with Crippen molar-refractivity contribution in [3.8, 4) is 11.5 Å². The number of rotatable bonds is 10. The van der Waals surface area contributed by atoms with E-state index in [0.29, 0.717) is 29.5 Å². The number of carbonyl (C=O) groups excluding carboxylic acids is 2. The SMILES string of the molecule is C=CC(=O)Nc1cc(N2CCN[C@H](C)C2)ccc1C(=O)Nc1cc(CCc2cc(OC)cc(OC)c2)[nH]n1. The molecule has 0 bridgehead atoms. The molecule has 0 aliphatic carbocycles. The van der Waals surface area contributed by atoms with Crippen LogP contribution >= 0.6 is 0 Å². The largest absolute Gasteiger partial charge is 0.497 e. The Hall–Kier alpha value is -4.31. The van der Waals surface area contributed by atoms with Gasteiger partial charge in [-0.1, -0.05) is 6.58 Å². The summed E-state index contributed by atoms with van der Waals surface area (Å²) in [4.78, 5) is 27.5. The molecule has 10 nitrogen and oxygen atoms in total. The van der Waals surface area contributed by atoms with E-state index in [-0.39, 0.29) is 11.8 Å². The van der Waals surface area contributed by atoms with Crippen LogP contribution in [0.25, 0.3) is 0 Å². The van der Waals surface area contributed by atoms with Gasteiger partial charge in [0, 0.05) is 49.2 Å². The first-order valence-electron chi connectivity index (χ1n) is 12.5. The molecule has 1 atom stereocenters. The number of amides is 2. The first-order chi connectivity index (χ1) is 18.4. The van der Waals surface area contributed by atoms with Gasteiger partial charge in [0.1, 0.15) is 11.5 Å². The van der Waals surface area contributed by atoms with Crippen molar-refractivity contribution in [2.75, 3.05) is 49.4 Å². The van der Waals surface area contributed by atoms with E-state index in [9.17, 15) is 9.59 Å². The number of benzene rings is 2. The topological polar surface area (TPSA) is 121 Å². The summed E-state index contributed by atoms with van der Waals surface area (Å²) in [6.07, 6.45) is 2.59. The van der Waals surface area contributed by atoms with Crippen LogP contribution in [-0.4, -0.2) is 61.9 Å². The molecule has 0 saturated carbocycles. The molecule has 0 radical (unpaired) electrons. The van der Waals surface area contributed by atoms with E-state index in [2.05, 4.69) is 44.6 Å². The zero-order valence-electron chi connectivity index (χ0n) is 22.0. The van der Waals surface area contributed by atoms with Crippen LogP contribution in [0, 0.1) is 0 Å². The van der Waals surface area contributed by atoms with Gasteiger partial charge in [-0.2, -0.15) is 5.10 Å². The molecular formula is C28H34N6O4. The molecule has 200 valence electrons. The van der Waals surface area contributed by atoms with Crippen LogP contribution in [0.5, 0.6) is 11.5 Å². The Labute approximate surface area is 222 Å². The molecule has 2 amide bonds. The number of carbonyl (C=O) groups is 2. The number of hydrogen-bond donors (Lipinski definition) is 4. The number of ether oxygens (including phenoxy) is 2. The minimum atomic E-state index is -0.388. The molecule has 10 heteroatoms. The van der Waals surface area contributed by atoms with E-state index in [1.807, 2.05) is 30.3 Å². The minimum Gasteiger partial charge on any atom is -0.497 e. The summed E-state index contributed by atoms with van der Waals surface area (Å²) in [5.74, 6) is 1.10. The normalized spacial score (nSPS) is 15.0. The fourth-order valence-electron chi connectivity index (χ4n) is 4.41. The predicted molar refractivity (Wildman–Crippen MR) is 148 cm³/mol. The zero-order valence-corrected chi connectivity index (χ0v) is 22.0. The molecule has 1 aromatic heterocycles. The average molecular weight is 519 g/mol. The van der Waals surface area contributed by atoms with E-state index in [0.717, 1.165) is 54.5 Å². The second kappa shape index (κ2) is 12.3. The number of hydrogen-bond acceptors (Lipinski definition) is 7. The Kier molecular flexibility index (Phi) is 8.65. The maximum Gasteiger partial charge on any atom is 0.258 e. The van der Waals surface area contributed by atoms with E-state index < -0.39 is 0 Å². The number of nitrogens with zero attached hydrogens (tertiary/aromatic N) is 2. The van der Waals surface area contributed by atoms with E-state index in [4.69, 9.17) is 9.47 Å². The van der Waals surface area contributed by atoms with Gasteiger partial charge in [-0.15, -0.1) is 0 Å². The molecular weight excluding hydrogens is 484 g/mol. The van der Waals surface area contributed by atoms with Crippen LogP contribution in [0.4, 0.5) is 17.2 Å². The minimum absolute atomic E-state index is 0.333. The fourth-order valence-corrected chi connectivity index (χ4v) is 4.41. The van der Waals surface area contributed by atoms with Crippen LogP contribution in [0.1, 0.15) is 28.5 Å². The molecule has 2 heterocycles. The summed E-state index contributed by atoms with van der Waals surface area (Å²) in [6.45, 7) is 8.18. The summed E-state index contributed by atoms with van der Waals surface area (Å²) in [7, 11) is 3.24. The Bertz CT molecular complexity index is 1280. The zero-order chi connectivity index (χ0) is 27.1. The lowest BCUT2D eigenvalue weighted by Gasteiger charge is -2.34. The number of nitrogens with one attached hydrogen (secondary N) is 4. The highest BCUT2D eigenvalue weighted by Gasteiger charge is 2.20. The lowest BCUT2D eigenvalue weighted by molar-refractivity contribution is -0.111. The number of aromatic nitrogens is 2. The number of methoxy groups -OCH3 is 2. The van der Waals surface area contributed by atoms with Gasteiger partial charge < -0.3 is 30.3 Å². The molecule has 4 rings (SSSR count).